The maximum atomic E-state index is 11.9. The first-order chi connectivity index (χ1) is 12.2. The number of hydrogen-bond donors (Lipinski definition) is 1. The molecule has 0 aromatic rings. The average Bonchev–Trinajstić information content (AvgIpc) is 2.86. The van der Waals surface area contributed by atoms with Gasteiger partial charge >= 0.3 is 5.97 Å². The second-order valence-corrected chi connectivity index (χ2v) is 9.75. The summed E-state index contributed by atoms with van der Waals surface area (Å²) >= 11 is 0. The third-order valence-electron chi connectivity index (χ3n) is 8.95. The van der Waals surface area contributed by atoms with Crippen LogP contribution in [-0.2, 0) is 14.3 Å². The quantitative estimate of drug-likeness (QED) is 0.761. The van der Waals surface area contributed by atoms with E-state index < -0.39 is 5.60 Å². The summed E-state index contributed by atoms with van der Waals surface area (Å²) in [5.41, 5.74) is 0.391. The highest BCUT2D eigenvalue weighted by Gasteiger charge is 2.64. The van der Waals surface area contributed by atoms with E-state index in [4.69, 9.17) is 4.74 Å². The number of methoxy groups -OCH3 is 1. The number of aliphatic hydroxyl groups is 1. The van der Waals surface area contributed by atoms with Gasteiger partial charge in [0, 0.05) is 6.42 Å². The Bertz CT molecular complexity index is 667. The van der Waals surface area contributed by atoms with Crippen LogP contribution in [0.25, 0.3) is 0 Å². The summed E-state index contributed by atoms with van der Waals surface area (Å²) in [7, 11) is 1.40. The lowest BCUT2D eigenvalue weighted by molar-refractivity contribution is -0.161. The van der Waals surface area contributed by atoms with Crippen LogP contribution >= 0.6 is 0 Å². The van der Waals surface area contributed by atoms with Crippen molar-refractivity contribution in [2.75, 3.05) is 7.11 Å². The number of allylic oxidation sites excluding steroid dienone is 1. The molecule has 4 aliphatic rings. The summed E-state index contributed by atoms with van der Waals surface area (Å²) in [4.78, 5) is 23.8. The summed E-state index contributed by atoms with van der Waals surface area (Å²) in [6.45, 7) is 4.59. The molecule has 0 radical (unpaired) electrons. The lowest BCUT2D eigenvalue weighted by Crippen LogP contribution is -2.55. The molecule has 1 N–H and O–H groups in total. The lowest BCUT2D eigenvalue weighted by Gasteiger charge is -2.59. The van der Waals surface area contributed by atoms with Gasteiger partial charge < -0.3 is 9.84 Å². The zero-order valence-corrected chi connectivity index (χ0v) is 16.3. The van der Waals surface area contributed by atoms with Gasteiger partial charge in [0.15, 0.2) is 5.78 Å². The van der Waals surface area contributed by atoms with Gasteiger partial charge in [-0.2, -0.15) is 0 Å². The predicted octanol–water partition coefficient (Wildman–Crippen LogP) is 3.81. The number of ether oxygens (including phenoxy) is 1. The molecule has 4 rings (SSSR count). The molecule has 0 aromatic carbocycles. The van der Waals surface area contributed by atoms with Crippen LogP contribution in [0.2, 0.25) is 0 Å². The first kappa shape index (κ1) is 18.2. The van der Waals surface area contributed by atoms with E-state index in [0.29, 0.717) is 36.4 Å². The molecule has 6 atom stereocenters. The van der Waals surface area contributed by atoms with Crippen LogP contribution in [0.1, 0.15) is 71.6 Å². The molecule has 0 bridgehead atoms. The molecule has 4 nitrogen and oxygen atoms in total. The van der Waals surface area contributed by atoms with Crippen molar-refractivity contribution >= 4 is 11.8 Å². The minimum Gasteiger partial charge on any atom is -0.469 e. The lowest BCUT2D eigenvalue weighted by atomic mass is 9.46. The van der Waals surface area contributed by atoms with E-state index in [9.17, 15) is 14.7 Å². The van der Waals surface area contributed by atoms with Gasteiger partial charge in [0.2, 0.25) is 0 Å². The number of rotatable bonds is 2. The number of carbonyl (C=O) groups excluding carboxylic acids is 2. The van der Waals surface area contributed by atoms with E-state index in [2.05, 4.69) is 13.8 Å². The molecule has 4 heteroatoms. The van der Waals surface area contributed by atoms with Crippen molar-refractivity contribution in [1.82, 2.24) is 0 Å². The summed E-state index contributed by atoms with van der Waals surface area (Å²) in [6.07, 6.45) is 9.60. The number of fused-ring (bicyclic) bond motifs is 5. The number of carbonyl (C=O) groups is 2. The third-order valence-corrected chi connectivity index (χ3v) is 8.95. The molecule has 0 heterocycles. The van der Waals surface area contributed by atoms with Crippen molar-refractivity contribution < 1.29 is 19.4 Å². The molecular weight excluding hydrogens is 328 g/mol. The maximum Gasteiger partial charge on any atom is 0.308 e. The summed E-state index contributed by atoms with van der Waals surface area (Å²) in [6, 6.07) is 0. The van der Waals surface area contributed by atoms with Crippen molar-refractivity contribution in [3.05, 3.63) is 11.6 Å². The molecule has 0 aliphatic heterocycles. The van der Waals surface area contributed by atoms with Gasteiger partial charge in [0.1, 0.15) is 0 Å². The van der Waals surface area contributed by atoms with Crippen LogP contribution in [-0.4, -0.2) is 29.6 Å². The van der Waals surface area contributed by atoms with Gasteiger partial charge in [-0.25, -0.2) is 0 Å². The zero-order chi connectivity index (χ0) is 18.7. The molecule has 3 saturated carbocycles. The minimum absolute atomic E-state index is 0.116. The van der Waals surface area contributed by atoms with Crippen LogP contribution in [0.3, 0.4) is 0 Å². The Balaban J connectivity index is 1.63. The van der Waals surface area contributed by atoms with E-state index in [1.165, 1.54) is 12.7 Å². The molecular formula is C22H32O4. The fourth-order valence-corrected chi connectivity index (χ4v) is 7.27. The maximum absolute atomic E-state index is 11.9. The largest absolute Gasteiger partial charge is 0.469 e. The third kappa shape index (κ3) is 2.37. The van der Waals surface area contributed by atoms with E-state index >= 15 is 0 Å². The van der Waals surface area contributed by atoms with Crippen LogP contribution in [0.15, 0.2) is 11.6 Å². The predicted molar refractivity (Wildman–Crippen MR) is 98.3 cm³/mol. The van der Waals surface area contributed by atoms with Crippen molar-refractivity contribution in [3.8, 4) is 0 Å². The zero-order valence-electron chi connectivity index (χ0n) is 16.3. The van der Waals surface area contributed by atoms with Crippen molar-refractivity contribution in [1.29, 1.82) is 0 Å². The van der Waals surface area contributed by atoms with Crippen LogP contribution in [0.4, 0.5) is 0 Å². The fraction of sp³-hybridized carbons (Fsp3) is 0.818. The molecule has 0 unspecified atom stereocenters. The fourth-order valence-electron chi connectivity index (χ4n) is 7.27. The monoisotopic (exact) mass is 360 g/mol. The molecule has 0 saturated heterocycles. The Hall–Kier alpha value is -1.16. The highest BCUT2D eigenvalue weighted by atomic mass is 16.5. The van der Waals surface area contributed by atoms with E-state index in [1.54, 1.807) is 0 Å². The number of hydrogen-bond acceptors (Lipinski definition) is 4. The molecule has 4 aliphatic carbocycles. The Kier molecular flexibility index (Phi) is 4.15. The Morgan fingerprint density at radius 1 is 1.15 bits per heavy atom. The van der Waals surface area contributed by atoms with Crippen molar-refractivity contribution in [3.63, 3.8) is 0 Å². The smallest absolute Gasteiger partial charge is 0.308 e. The summed E-state index contributed by atoms with van der Waals surface area (Å²) in [5, 5.41) is 11.4. The summed E-state index contributed by atoms with van der Waals surface area (Å²) in [5.74, 6) is 1.66. The molecule has 144 valence electrons. The Morgan fingerprint density at radius 3 is 2.62 bits per heavy atom. The Morgan fingerprint density at radius 2 is 1.88 bits per heavy atom. The van der Waals surface area contributed by atoms with Gasteiger partial charge in [0.25, 0.3) is 0 Å². The average molecular weight is 360 g/mol. The highest BCUT2D eigenvalue weighted by molar-refractivity contribution is 5.91. The van der Waals surface area contributed by atoms with Crippen molar-refractivity contribution in [2.45, 2.75) is 77.2 Å². The summed E-state index contributed by atoms with van der Waals surface area (Å²) < 4.78 is 4.87. The first-order valence-corrected chi connectivity index (χ1v) is 10.3. The molecule has 0 aromatic heterocycles. The van der Waals surface area contributed by atoms with E-state index in [1.807, 2.05) is 6.08 Å². The Labute approximate surface area is 156 Å². The van der Waals surface area contributed by atoms with Gasteiger partial charge in [-0.05, 0) is 79.6 Å². The molecule has 0 spiro atoms. The van der Waals surface area contributed by atoms with Crippen LogP contribution < -0.4 is 0 Å². The minimum atomic E-state index is -0.935. The van der Waals surface area contributed by atoms with Crippen LogP contribution in [0.5, 0.6) is 0 Å². The van der Waals surface area contributed by atoms with Crippen LogP contribution in [0, 0.1) is 28.6 Å². The molecule has 0 amide bonds. The SMILES string of the molecule is COC(=O)C[C@]1(O)CC[C@H]2[C@@H]3CCC4=CC(=O)CC[C@]4(C)[C@H]3CC[C@@]21C. The van der Waals surface area contributed by atoms with Gasteiger partial charge in [0.05, 0.1) is 19.1 Å². The number of esters is 1. The second-order valence-electron chi connectivity index (χ2n) is 9.75. The number of ketones is 1. The van der Waals surface area contributed by atoms with Gasteiger partial charge in [-0.1, -0.05) is 19.4 Å². The second kappa shape index (κ2) is 5.92. The standard InChI is InChI=1S/C22H32O4/c1-20-9-6-15(23)12-14(20)4-5-16-17(20)7-10-21(2)18(16)8-11-22(21,25)13-19(24)26-3/h12,16-18,25H,4-11,13H2,1-3H3/t16-,17+,18+,20+,21+,22-/m1/s1. The normalized spacial score (nSPS) is 47.5. The highest BCUT2D eigenvalue weighted by Crippen LogP contribution is 2.68. The van der Waals surface area contributed by atoms with Crippen molar-refractivity contribution in [2.24, 2.45) is 28.6 Å². The van der Waals surface area contributed by atoms with Gasteiger partial charge in [-0.15, -0.1) is 0 Å². The topological polar surface area (TPSA) is 63.6 Å². The molecule has 3 fully saturated rings. The van der Waals surface area contributed by atoms with E-state index in [0.717, 1.165) is 38.5 Å². The van der Waals surface area contributed by atoms with E-state index in [-0.39, 0.29) is 23.2 Å². The molecule has 26 heavy (non-hydrogen) atoms. The van der Waals surface area contributed by atoms with Gasteiger partial charge in [-0.3, -0.25) is 9.59 Å². The first-order valence-electron chi connectivity index (χ1n) is 10.3.